The summed E-state index contributed by atoms with van der Waals surface area (Å²) in [6, 6.07) is 6.34. The highest BCUT2D eigenvalue weighted by Gasteiger charge is 2.27. The first kappa shape index (κ1) is 15.0. The number of benzene rings is 1. The van der Waals surface area contributed by atoms with Gasteiger partial charge in [-0.05, 0) is 44.0 Å². The molecular formula is C17H23N3O2. The molecule has 0 unspecified atom stereocenters. The lowest BCUT2D eigenvalue weighted by molar-refractivity contribution is -0.116. The van der Waals surface area contributed by atoms with Crippen LogP contribution in [0.25, 0.3) is 0 Å². The quantitative estimate of drug-likeness (QED) is 0.853. The van der Waals surface area contributed by atoms with Crippen molar-refractivity contribution in [1.82, 2.24) is 10.2 Å². The largest absolute Gasteiger partial charge is 0.336 e. The van der Waals surface area contributed by atoms with E-state index in [4.69, 9.17) is 0 Å². The maximum absolute atomic E-state index is 12.7. The van der Waals surface area contributed by atoms with Crippen molar-refractivity contribution in [3.8, 4) is 0 Å². The second-order valence-corrected chi connectivity index (χ2v) is 6.44. The van der Waals surface area contributed by atoms with Gasteiger partial charge in [-0.25, -0.2) is 0 Å². The second kappa shape index (κ2) is 5.72. The van der Waals surface area contributed by atoms with Crippen molar-refractivity contribution in [2.75, 3.05) is 24.5 Å². The van der Waals surface area contributed by atoms with Crippen LogP contribution in [0.4, 0.5) is 5.69 Å². The Morgan fingerprint density at radius 3 is 2.50 bits per heavy atom. The maximum atomic E-state index is 12.7. The van der Waals surface area contributed by atoms with Crippen LogP contribution >= 0.6 is 0 Å². The zero-order valence-corrected chi connectivity index (χ0v) is 13.4. The molecule has 1 N–H and O–H groups in total. The normalized spacial score (nSPS) is 24.3. The van der Waals surface area contributed by atoms with Crippen molar-refractivity contribution in [2.24, 2.45) is 0 Å². The van der Waals surface area contributed by atoms with Gasteiger partial charge in [-0.15, -0.1) is 0 Å². The molecule has 0 bridgehead atoms. The van der Waals surface area contributed by atoms with Crippen LogP contribution in [0.1, 0.15) is 36.7 Å². The monoisotopic (exact) mass is 301 g/mol. The van der Waals surface area contributed by atoms with Gasteiger partial charge in [0.2, 0.25) is 5.91 Å². The van der Waals surface area contributed by atoms with Crippen LogP contribution in [0.2, 0.25) is 0 Å². The van der Waals surface area contributed by atoms with E-state index >= 15 is 0 Å². The topological polar surface area (TPSA) is 52.7 Å². The predicted octanol–water partition coefficient (Wildman–Crippen LogP) is 1.42. The number of fused-ring (bicyclic) bond motifs is 1. The smallest absolute Gasteiger partial charge is 0.253 e. The summed E-state index contributed by atoms with van der Waals surface area (Å²) in [4.78, 5) is 28.0. The van der Waals surface area contributed by atoms with Gasteiger partial charge >= 0.3 is 0 Å². The van der Waals surface area contributed by atoms with E-state index in [1.807, 2.05) is 23.1 Å². The molecule has 2 aliphatic heterocycles. The number of rotatable bonds is 1. The van der Waals surface area contributed by atoms with E-state index in [9.17, 15) is 9.59 Å². The van der Waals surface area contributed by atoms with Crippen molar-refractivity contribution < 1.29 is 9.59 Å². The molecule has 2 aliphatic rings. The molecule has 5 heteroatoms. The van der Waals surface area contributed by atoms with E-state index in [1.54, 1.807) is 11.8 Å². The fourth-order valence-corrected chi connectivity index (χ4v) is 3.54. The molecule has 1 fully saturated rings. The predicted molar refractivity (Wildman–Crippen MR) is 86.1 cm³/mol. The van der Waals surface area contributed by atoms with Gasteiger partial charge in [-0.2, -0.15) is 0 Å². The molecule has 118 valence electrons. The maximum Gasteiger partial charge on any atom is 0.253 e. The van der Waals surface area contributed by atoms with Crippen molar-refractivity contribution in [3.63, 3.8) is 0 Å². The molecule has 0 spiro atoms. The SMILES string of the molecule is CC(=O)N1CCc2cc(C(=O)N3C[C@@H](C)N[C@H](C)C3)ccc21. The highest BCUT2D eigenvalue weighted by Crippen LogP contribution is 2.29. The molecule has 1 aromatic carbocycles. The molecule has 2 atom stereocenters. The summed E-state index contributed by atoms with van der Waals surface area (Å²) in [5.41, 5.74) is 2.77. The Morgan fingerprint density at radius 2 is 1.86 bits per heavy atom. The van der Waals surface area contributed by atoms with Gasteiger partial charge in [-0.3, -0.25) is 9.59 Å². The Labute approximate surface area is 131 Å². The van der Waals surface area contributed by atoms with Gasteiger partial charge in [0.25, 0.3) is 5.91 Å². The van der Waals surface area contributed by atoms with Crippen molar-refractivity contribution in [3.05, 3.63) is 29.3 Å². The molecule has 22 heavy (non-hydrogen) atoms. The number of hydrogen-bond donors (Lipinski definition) is 1. The minimum Gasteiger partial charge on any atom is -0.336 e. The lowest BCUT2D eigenvalue weighted by Gasteiger charge is -2.36. The number of anilines is 1. The summed E-state index contributed by atoms with van der Waals surface area (Å²) in [6.07, 6.45) is 0.824. The third-order valence-corrected chi connectivity index (χ3v) is 4.45. The molecule has 0 radical (unpaired) electrons. The Bertz CT molecular complexity index is 604. The first-order valence-corrected chi connectivity index (χ1v) is 7.92. The number of carbonyl (C=O) groups excluding carboxylic acids is 2. The van der Waals surface area contributed by atoms with E-state index in [1.165, 1.54) is 0 Å². The molecule has 2 heterocycles. The fraction of sp³-hybridized carbons (Fsp3) is 0.529. The summed E-state index contributed by atoms with van der Waals surface area (Å²) in [6.45, 7) is 7.97. The van der Waals surface area contributed by atoms with E-state index in [2.05, 4.69) is 19.2 Å². The molecule has 0 aromatic heterocycles. The Balaban J connectivity index is 1.81. The third kappa shape index (κ3) is 2.73. The lowest BCUT2D eigenvalue weighted by atomic mass is 10.1. The Hall–Kier alpha value is -1.88. The average Bonchev–Trinajstić information content (AvgIpc) is 2.88. The summed E-state index contributed by atoms with van der Waals surface area (Å²) < 4.78 is 0. The average molecular weight is 301 g/mol. The third-order valence-electron chi connectivity index (χ3n) is 4.45. The van der Waals surface area contributed by atoms with Gasteiger partial charge in [0, 0.05) is 49.9 Å². The summed E-state index contributed by atoms with van der Waals surface area (Å²) in [5.74, 6) is 0.145. The molecule has 0 aliphatic carbocycles. The molecule has 2 amide bonds. The van der Waals surface area contributed by atoms with Crippen molar-refractivity contribution in [1.29, 1.82) is 0 Å². The Kier molecular flexibility index (Phi) is 3.91. The summed E-state index contributed by atoms with van der Waals surface area (Å²) in [7, 11) is 0. The van der Waals surface area contributed by atoms with Gasteiger partial charge in [0.1, 0.15) is 0 Å². The van der Waals surface area contributed by atoms with Crippen LogP contribution in [-0.2, 0) is 11.2 Å². The number of piperazine rings is 1. The number of carbonyl (C=O) groups is 2. The van der Waals surface area contributed by atoms with Crippen LogP contribution in [-0.4, -0.2) is 48.4 Å². The first-order valence-electron chi connectivity index (χ1n) is 7.92. The van der Waals surface area contributed by atoms with E-state index in [0.717, 1.165) is 36.3 Å². The van der Waals surface area contributed by atoms with Crippen molar-refractivity contribution >= 4 is 17.5 Å². The van der Waals surface area contributed by atoms with E-state index in [0.29, 0.717) is 18.6 Å². The van der Waals surface area contributed by atoms with Crippen LogP contribution in [0.15, 0.2) is 18.2 Å². The lowest BCUT2D eigenvalue weighted by Crippen LogP contribution is -2.55. The molecule has 5 nitrogen and oxygen atoms in total. The van der Waals surface area contributed by atoms with Gasteiger partial charge in [0.15, 0.2) is 0 Å². The number of nitrogens with zero attached hydrogens (tertiary/aromatic N) is 2. The van der Waals surface area contributed by atoms with Crippen molar-refractivity contribution in [2.45, 2.75) is 39.3 Å². The summed E-state index contributed by atoms with van der Waals surface area (Å²) in [5, 5.41) is 3.44. The van der Waals surface area contributed by atoms with Gasteiger partial charge in [-0.1, -0.05) is 0 Å². The van der Waals surface area contributed by atoms with Crippen LogP contribution in [0.3, 0.4) is 0 Å². The minimum atomic E-state index is 0.0579. The Morgan fingerprint density at radius 1 is 1.18 bits per heavy atom. The zero-order chi connectivity index (χ0) is 15.9. The second-order valence-electron chi connectivity index (χ2n) is 6.44. The summed E-state index contributed by atoms with van der Waals surface area (Å²) >= 11 is 0. The fourth-order valence-electron chi connectivity index (χ4n) is 3.54. The van der Waals surface area contributed by atoms with Gasteiger partial charge in [0.05, 0.1) is 0 Å². The van der Waals surface area contributed by atoms with Crippen LogP contribution < -0.4 is 10.2 Å². The highest BCUT2D eigenvalue weighted by atomic mass is 16.2. The number of amides is 2. The molecule has 3 rings (SSSR count). The first-order chi connectivity index (χ1) is 10.5. The van der Waals surface area contributed by atoms with Crippen LogP contribution in [0.5, 0.6) is 0 Å². The molecule has 1 aromatic rings. The molecule has 1 saturated heterocycles. The van der Waals surface area contributed by atoms with Gasteiger partial charge < -0.3 is 15.1 Å². The number of hydrogen-bond acceptors (Lipinski definition) is 3. The number of nitrogens with one attached hydrogen (secondary N) is 1. The molecule has 0 saturated carbocycles. The van der Waals surface area contributed by atoms with Crippen LogP contribution in [0, 0.1) is 0 Å². The van der Waals surface area contributed by atoms with E-state index in [-0.39, 0.29) is 11.8 Å². The standard InChI is InChI=1S/C17H23N3O2/c1-11-9-19(10-12(2)18-11)17(22)15-4-5-16-14(8-15)6-7-20(16)13(3)21/h4-5,8,11-12,18H,6-7,9-10H2,1-3H3/t11-,12-/m1/s1. The highest BCUT2D eigenvalue weighted by molar-refractivity contribution is 5.98. The zero-order valence-electron chi connectivity index (χ0n) is 13.4. The molecular weight excluding hydrogens is 278 g/mol. The van der Waals surface area contributed by atoms with E-state index < -0.39 is 0 Å². The minimum absolute atomic E-state index is 0.0579.